The number of carbonyl (C=O) groups is 2. The van der Waals surface area contributed by atoms with E-state index in [1.54, 1.807) is 35.1 Å². The predicted molar refractivity (Wildman–Crippen MR) is 160 cm³/mol. The maximum Gasteiger partial charge on any atom is 0.254 e. The lowest BCUT2D eigenvalue weighted by atomic mass is 9.85. The number of primary amides is 1. The number of carbonyl (C=O) groups excluding carboxylic acids is 2. The van der Waals surface area contributed by atoms with E-state index in [2.05, 4.69) is 10.3 Å². The summed E-state index contributed by atoms with van der Waals surface area (Å²) in [5, 5.41) is 3.07. The van der Waals surface area contributed by atoms with E-state index in [1.807, 2.05) is 26.8 Å². The van der Waals surface area contributed by atoms with Gasteiger partial charge in [0.05, 0.1) is 45.6 Å². The number of imidazole rings is 1. The molecule has 7 nitrogen and oxygen atoms in total. The van der Waals surface area contributed by atoms with E-state index >= 15 is 0 Å². The summed E-state index contributed by atoms with van der Waals surface area (Å²) < 4.78 is 42.6. The third-order valence-corrected chi connectivity index (χ3v) is 7.99. The third-order valence-electron chi connectivity index (χ3n) is 7.99. The maximum atomic E-state index is 13.8. The topological polar surface area (TPSA) is 102 Å². The van der Waals surface area contributed by atoms with Crippen molar-refractivity contribution in [3.05, 3.63) is 124 Å². The summed E-state index contributed by atoms with van der Waals surface area (Å²) >= 11 is 0. The minimum atomic E-state index is -0.933. The van der Waals surface area contributed by atoms with Crippen LogP contribution in [0.4, 0.5) is 13.2 Å². The molecule has 0 saturated carbocycles. The van der Waals surface area contributed by atoms with Gasteiger partial charge in [0.15, 0.2) is 11.6 Å². The van der Waals surface area contributed by atoms with Crippen LogP contribution in [0.5, 0.6) is 0 Å². The molecule has 5 aromatic rings. The van der Waals surface area contributed by atoms with Crippen molar-refractivity contribution in [2.75, 3.05) is 0 Å². The van der Waals surface area contributed by atoms with E-state index in [0.29, 0.717) is 46.6 Å². The number of fused-ring (bicyclic) bond motifs is 2. The largest absolute Gasteiger partial charge is 0.366 e. The molecule has 3 aromatic heterocycles. The summed E-state index contributed by atoms with van der Waals surface area (Å²) in [4.78, 5) is 36.2. The van der Waals surface area contributed by atoms with Crippen LogP contribution in [0.2, 0.25) is 0 Å². The second-order valence-electron chi connectivity index (χ2n) is 11.9. The molecule has 224 valence electrons. The first-order chi connectivity index (χ1) is 20.9. The van der Waals surface area contributed by atoms with Crippen molar-refractivity contribution in [3.63, 3.8) is 0 Å². The average Bonchev–Trinajstić information content (AvgIpc) is 3.47. The number of nitrogens with two attached hydrogens (primary N) is 1. The highest BCUT2D eigenvalue weighted by Gasteiger charge is 2.44. The summed E-state index contributed by atoms with van der Waals surface area (Å²) in [7, 11) is 0. The fourth-order valence-corrected chi connectivity index (χ4v) is 6.04. The molecular weight excluding hydrogens is 567 g/mol. The van der Waals surface area contributed by atoms with Crippen LogP contribution in [-0.4, -0.2) is 26.2 Å². The summed E-state index contributed by atoms with van der Waals surface area (Å²) in [5.74, 6) is -3.16. The van der Waals surface area contributed by atoms with Gasteiger partial charge in [0, 0.05) is 30.2 Å². The number of halogens is 3. The molecule has 0 radical (unpaired) electrons. The first kappa shape index (κ1) is 29.1. The Kier molecular flexibility index (Phi) is 7.23. The Bertz CT molecular complexity index is 1950. The summed E-state index contributed by atoms with van der Waals surface area (Å²) in [6, 6.07) is 13.4. The van der Waals surface area contributed by atoms with Crippen molar-refractivity contribution in [2.24, 2.45) is 11.7 Å². The van der Waals surface area contributed by atoms with E-state index in [4.69, 9.17) is 10.7 Å². The number of benzene rings is 2. The molecule has 2 amide bonds. The molecule has 10 heteroatoms. The van der Waals surface area contributed by atoms with Crippen molar-refractivity contribution in [1.82, 2.24) is 19.7 Å². The zero-order chi connectivity index (χ0) is 31.3. The molecule has 6 rings (SSSR count). The Labute approximate surface area is 252 Å². The molecule has 1 aliphatic heterocycles. The van der Waals surface area contributed by atoms with Gasteiger partial charge in [-0.2, -0.15) is 0 Å². The molecule has 1 atom stereocenters. The Morgan fingerprint density at radius 1 is 0.977 bits per heavy atom. The number of hydrogen-bond donors (Lipinski definition) is 2. The summed E-state index contributed by atoms with van der Waals surface area (Å²) in [5.41, 5.74) is 10.2. The van der Waals surface area contributed by atoms with Crippen LogP contribution in [-0.2, 0) is 24.8 Å². The fourth-order valence-electron chi connectivity index (χ4n) is 6.04. The van der Waals surface area contributed by atoms with Crippen LogP contribution in [0.15, 0.2) is 67.1 Å². The first-order valence-electron chi connectivity index (χ1n) is 14.3. The van der Waals surface area contributed by atoms with E-state index in [0.717, 1.165) is 23.2 Å². The number of pyridine rings is 2. The highest BCUT2D eigenvalue weighted by molar-refractivity contribution is 6.11. The summed E-state index contributed by atoms with van der Waals surface area (Å²) in [6.07, 6.45) is 4.43. The van der Waals surface area contributed by atoms with Gasteiger partial charge in [-0.3, -0.25) is 14.6 Å². The molecule has 1 aliphatic rings. The Balaban J connectivity index is 1.50. The van der Waals surface area contributed by atoms with Gasteiger partial charge in [0.2, 0.25) is 0 Å². The minimum absolute atomic E-state index is 0.134. The average molecular weight is 598 g/mol. The number of aromatic nitrogens is 3. The van der Waals surface area contributed by atoms with E-state index in [9.17, 15) is 22.8 Å². The molecule has 0 unspecified atom stereocenters. The van der Waals surface area contributed by atoms with Gasteiger partial charge in [0.1, 0.15) is 5.82 Å². The molecule has 0 saturated heterocycles. The van der Waals surface area contributed by atoms with Crippen LogP contribution >= 0.6 is 0 Å². The van der Waals surface area contributed by atoms with Crippen molar-refractivity contribution >= 4 is 17.3 Å². The van der Waals surface area contributed by atoms with Gasteiger partial charge in [-0.05, 0) is 60.7 Å². The third kappa shape index (κ3) is 5.21. The zero-order valence-corrected chi connectivity index (χ0v) is 24.4. The Hall–Kier alpha value is -4.99. The lowest BCUT2D eigenvalue weighted by Crippen LogP contribution is -2.39. The van der Waals surface area contributed by atoms with Crippen LogP contribution in [0.1, 0.15) is 69.7 Å². The quantitative estimate of drug-likeness (QED) is 0.232. The molecule has 0 bridgehead atoms. The molecule has 4 heterocycles. The van der Waals surface area contributed by atoms with Crippen molar-refractivity contribution in [1.29, 1.82) is 0 Å². The van der Waals surface area contributed by atoms with Crippen LogP contribution in [0.25, 0.3) is 16.6 Å². The van der Waals surface area contributed by atoms with Gasteiger partial charge in [0.25, 0.3) is 11.8 Å². The zero-order valence-electron chi connectivity index (χ0n) is 24.4. The van der Waals surface area contributed by atoms with Gasteiger partial charge < -0.3 is 15.5 Å². The number of nitrogens with zero attached hydrogens (tertiary/aromatic N) is 3. The SMILES string of the molecule is CC(C)Cc1nc2c(c(-c3ccc4c(Cc5ccc(F)c(F)c5)ncn4c3)c1C(N)=O)C(=O)N[C@]2(C)Cc1ccc(F)cc1. The van der Waals surface area contributed by atoms with Crippen molar-refractivity contribution < 1.29 is 22.8 Å². The van der Waals surface area contributed by atoms with Crippen molar-refractivity contribution in [2.45, 2.75) is 45.6 Å². The minimum Gasteiger partial charge on any atom is -0.366 e. The van der Waals surface area contributed by atoms with Gasteiger partial charge >= 0.3 is 0 Å². The van der Waals surface area contributed by atoms with Gasteiger partial charge in [-0.15, -0.1) is 0 Å². The second-order valence-corrected chi connectivity index (χ2v) is 11.9. The molecular formula is C34H30F3N5O2. The lowest BCUT2D eigenvalue weighted by Gasteiger charge is -2.26. The van der Waals surface area contributed by atoms with Gasteiger partial charge in [-0.1, -0.05) is 38.1 Å². The van der Waals surface area contributed by atoms with Crippen LogP contribution < -0.4 is 11.1 Å². The summed E-state index contributed by atoms with van der Waals surface area (Å²) in [6.45, 7) is 5.88. The lowest BCUT2D eigenvalue weighted by molar-refractivity contribution is 0.0935. The normalized spacial score (nSPS) is 16.0. The van der Waals surface area contributed by atoms with E-state index < -0.39 is 29.0 Å². The molecule has 0 aliphatic carbocycles. The van der Waals surface area contributed by atoms with E-state index in [1.165, 1.54) is 18.2 Å². The standard InChI is InChI=1S/C34H30F3N5O2/c1-18(2)12-26-29(32(38)43)28(30-31(40-26)34(3,41-33(30)44)15-19-4-8-22(35)9-5-19)21-7-11-27-25(39-17-42(27)16-21)14-20-6-10-23(36)24(37)13-20/h4-11,13,16-18H,12,14-15H2,1-3H3,(H2,38,43)(H,41,44)/t34-/m1/s1. The maximum absolute atomic E-state index is 13.8. The van der Waals surface area contributed by atoms with Crippen LogP contribution in [0.3, 0.4) is 0 Å². The van der Waals surface area contributed by atoms with Gasteiger partial charge in [-0.25, -0.2) is 18.2 Å². The molecule has 3 N–H and O–H groups in total. The molecule has 0 fully saturated rings. The molecule has 2 aromatic carbocycles. The Morgan fingerprint density at radius 3 is 2.39 bits per heavy atom. The van der Waals surface area contributed by atoms with E-state index in [-0.39, 0.29) is 29.3 Å². The number of rotatable bonds is 8. The first-order valence-corrected chi connectivity index (χ1v) is 14.3. The van der Waals surface area contributed by atoms with Crippen LogP contribution in [0, 0.1) is 23.4 Å². The molecule has 44 heavy (non-hydrogen) atoms. The fraction of sp³-hybridized carbons (Fsp3) is 0.235. The van der Waals surface area contributed by atoms with Crippen molar-refractivity contribution in [3.8, 4) is 11.1 Å². The second kappa shape index (κ2) is 10.9. The smallest absolute Gasteiger partial charge is 0.254 e. The monoisotopic (exact) mass is 597 g/mol. The predicted octanol–water partition coefficient (Wildman–Crippen LogP) is 5.90. The highest BCUT2D eigenvalue weighted by atomic mass is 19.2. The molecule has 0 spiro atoms. The number of nitrogens with one attached hydrogen (secondary N) is 1. The Morgan fingerprint density at radius 2 is 1.70 bits per heavy atom. The number of amides is 2. The highest BCUT2D eigenvalue weighted by Crippen LogP contribution is 2.41. The number of hydrogen-bond acceptors (Lipinski definition) is 4.